The highest BCUT2D eigenvalue weighted by Crippen LogP contribution is 2.19. The van der Waals surface area contributed by atoms with E-state index >= 15 is 0 Å². The number of hydrogen-bond acceptors (Lipinski definition) is 2. The summed E-state index contributed by atoms with van der Waals surface area (Å²) in [5.41, 5.74) is 4.02. The first-order valence-electron chi connectivity index (χ1n) is 5.17. The standard InChI is InChI=1S/C12H17NO/c1-10-7-11(2)9-12(8-10)13-3-5-14-6-4-13/h7-9H,3-6H2,1-2H3. The van der Waals surface area contributed by atoms with Crippen molar-refractivity contribution >= 4 is 5.69 Å². The third kappa shape index (κ3) is 2.07. The molecule has 0 aromatic heterocycles. The van der Waals surface area contributed by atoms with Crippen molar-refractivity contribution < 1.29 is 4.74 Å². The van der Waals surface area contributed by atoms with Gasteiger partial charge in [0, 0.05) is 18.8 Å². The number of rotatable bonds is 1. The molecule has 0 atom stereocenters. The second-order valence-corrected chi connectivity index (χ2v) is 3.95. The molecule has 1 aliphatic heterocycles. The summed E-state index contributed by atoms with van der Waals surface area (Å²) in [6.07, 6.45) is 0. The van der Waals surface area contributed by atoms with Gasteiger partial charge in [0.05, 0.1) is 13.2 Å². The molecule has 0 N–H and O–H groups in total. The van der Waals surface area contributed by atoms with Crippen molar-refractivity contribution in [3.8, 4) is 0 Å². The topological polar surface area (TPSA) is 12.5 Å². The number of benzene rings is 1. The van der Waals surface area contributed by atoms with Gasteiger partial charge in [0.2, 0.25) is 0 Å². The van der Waals surface area contributed by atoms with Crippen LogP contribution in [0.2, 0.25) is 0 Å². The van der Waals surface area contributed by atoms with E-state index in [4.69, 9.17) is 4.74 Å². The van der Waals surface area contributed by atoms with E-state index in [-0.39, 0.29) is 0 Å². The number of ether oxygens (including phenoxy) is 1. The quantitative estimate of drug-likeness (QED) is 0.674. The maximum absolute atomic E-state index is 5.34. The summed E-state index contributed by atoms with van der Waals surface area (Å²) in [4.78, 5) is 2.39. The molecule has 0 aliphatic carbocycles. The third-order valence-electron chi connectivity index (χ3n) is 2.58. The van der Waals surface area contributed by atoms with E-state index in [0.717, 1.165) is 26.3 Å². The van der Waals surface area contributed by atoms with Crippen LogP contribution in [0.1, 0.15) is 11.1 Å². The molecule has 0 spiro atoms. The molecule has 1 heterocycles. The lowest BCUT2D eigenvalue weighted by atomic mass is 10.1. The van der Waals surface area contributed by atoms with E-state index in [1.165, 1.54) is 16.8 Å². The van der Waals surface area contributed by atoms with Crippen LogP contribution in [0.25, 0.3) is 0 Å². The molecule has 0 unspecified atom stereocenters. The fourth-order valence-electron chi connectivity index (χ4n) is 1.95. The summed E-state index contributed by atoms with van der Waals surface area (Å²) in [6.45, 7) is 8.04. The predicted octanol–water partition coefficient (Wildman–Crippen LogP) is 2.14. The summed E-state index contributed by atoms with van der Waals surface area (Å²) >= 11 is 0. The molecule has 0 saturated carbocycles. The first-order valence-corrected chi connectivity index (χ1v) is 5.17. The summed E-state index contributed by atoms with van der Waals surface area (Å²) < 4.78 is 5.34. The molecule has 1 aromatic carbocycles. The van der Waals surface area contributed by atoms with Crippen molar-refractivity contribution in [2.24, 2.45) is 0 Å². The van der Waals surface area contributed by atoms with Crippen molar-refractivity contribution in [2.45, 2.75) is 13.8 Å². The molecule has 2 rings (SSSR count). The van der Waals surface area contributed by atoms with Gasteiger partial charge in [0.25, 0.3) is 0 Å². The Labute approximate surface area is 85.5 Å². The van der Waals surface area contributed by atoms with Gasteiger partial charge in [-0.25, -0.2) is 0 Å². The summed E-state index contributed by atoms with van der Waals surface area (Å²) in [5, 5.41) is 0. The van der Waals surface area contributed by atoms with Gasteiger partial charge in [-0.05, 0) is 37.1 Å². The molecule has 1 aliphatic rings. The monoisotopic (exact) mass is 191 g/mol. The first-order chi connectivity index (χ1) is 6.75. The number of hydrogen-bond donors (Lipinski definition) is 0. The zero-order chi connectivity index (χ0) is 9.97. The molecule has 0 bridgehead atoms. The largest absolute Gasteiger partial charge is 0.378 e. The average Bonchev–Trinajstić information content (AvgIpc) is 2.18. The van der Waals surface area contributed by atoms with Crippen LogP contribution in [0.4, 0.5) is 5.69 Å². The first kappa shape index (κ1) is 9.53. The molecule has 2 heteroatoms. The molecule has 1 fully saturated rings. The minimum Gasteiger partial charge on any atom is -0.378 e. The van der Waals surface area contributed by atoms with Crippen LogP contribution in [-0.2, 0) is 4.74 Å². The van der Waals surface area contributed by atoms with Gasteiger partial charge in [-0.1, -0.05) is 6.07 Å². The molecule has 14 heavy (non-hydrogen) atoms. The van der Waals surface area contributed by atoms with Crippen molar-refractivity contribution in [3.05, 3.63) is 29.3 Å². The maximum Gasteiger partial charge on any atom is 0.0642 e. The molecule has 76 valence electrons. The zero-order valence-corrected chi connectivity index (χ0v) is 8.92. The molecule has 2 nitrogen and oxygen atoms in total. The average molecular weight is 191 g/mol. The Morgan fingerprint density at radius 2 is 1.57 bits per heavy atom. The highest BCUT2D eigenvalue weighted by Gasteiger charge is 2.11. The van der Waals surface area contributed by atoms with Gasteiger partial charge >= 0.3 is 0 Å². The van der Waals surface area contributed by atoms with E-state index in [1.807, 2.05) is 0 Å². The van der Waals surface area contributed by atoms with Gasteiger partial charge < -0.3 is 9.64 Å². The minimum absolute atomic E-state index is 0.854. The number of morpholine rings is 1. The van der Waals surface area contributed by atoms with Gasteiger partial charge in [-0.15, -0.1) is 0 Å². The fourth-order valence-corrected chi connectivity index (χ4v) is 1.95. The van der Waals surface area contributed by atoms with Gasteiger partial charge in [0.1, 0.15) is 0 Å². The van der Waals surface area contributed by atoms with Crippen LogP contribution in [0.5, 0.6) is 0 Å². The highest BCUT2D eigenvalue weighted by molar-refractivity contribution is 5.51. The lowest BCUT2D eigenvalue weighted by Crippen LogP contribution is -2.36. The van der Waals surface area contributed by atoms with Crippen LogP contribution in [0.3, 0.4) is 0 Å². The van der Waals surface area contributed by atoms with Crippen molar-refractivity contribution in [1.29, 1.82) is 0 Å². The van der Waals surface area contributed by atoms with E-state index in [9.17, 15) is 0 Å². The van der Waals surface area contributed by atoms with Gasteiger partial charge in [-0.2, -0.15) is 0 Å². The van der Waals surface area contributed by atoms with Crippen LogP contribution in [0.15, 0.2) is 18.2 Å². The Kier molecular flexibility index (Phi) is 2.73. The Balaban J connectivity index is 2.21. The van der Waals surface area contributed by atoms with Crippen LogP contribution >= 0.6 is 0 Å². The van der Waals surface area contributed by atoms with Crippen molar-refractivity contribution in [3.63, 3.8) is 0 Å². The van der Waals surface area contributed by atoms with Gasteiger partial charge in [-0.3, -0.25) is 0 Å². The van der Waals surface area contributed by atoms with Crippen molar-refractivity contribution in [1.82, 2.24) is 0 Å². The Bertz CT molecular complexity index is 296. The lowest BCUT2D eigenvalue weighted by molar-refractivity contribution is 0.122. The van der Waals surface area contributed by atoms with E-state index in [1.54, 1.807) is 0 Å². The normalized spacial score (nSPS) is 17.1. The molecule has 0 radical (unpaired) electrons. The molecule has 0 amide bonds. The summed E-state index contributed by atoms with van der Waals surface area (Å²) in [7, 11) is 0. The van der Waals surface area contributed by atoms with Crippen LogP contribution in [0, 0.1) is 13.8 Å². The van der Waals surface area contributed by atoms with Crippen LogP contribution in [-0.4, -0.2) is 26.3 Å². The van der Waals surface area contributed by atoms with E-state index in [2.05, 4.69) is 36.9 Å². The van der Waals surface area contributed by atoms with Crippen molar-refractivity contribution in [2.75, 3.05) is 31.2 Å². The second kappa shape index (κ2) is 4.01. The molecular formula is C12H17NO. The minimum atomic E-state index is 0.854. The van der Waals surface area contributed by atoms with Gasteiger partial charge in [0.15, 0.2) is 0 Å². The summed E-state index contributed by atoms with van der Waals surface area (Å²) in [5.74, 6) is 0. The maximum atomic E-state index is 5.34. The summed E-state index contributed by atoms with van der Waals surface area (Å²) in [6, 6.07) is 6.71. The Hall–Kier alpha value is -1.02. The Morgan fingerprint density at radius 1 is 1.00 bits per heavy atom. The van der Waals surface area contributed by atoms with E-state index < -0.39 is 0 Å². The number of anilines is 1. The zero-order valence-electron chi connectivity index (χ0n) is 8.92. The Morgan fingerprint density at radius 3 is 2.14 bits per heavy atom. The van der Waals surface area contributed by atoms with E-state index in [0.29, 0.717) is 0 Å². The smallest absolute Gasteiger partial charge is 0.0642 e. The predicted molar refractivity (Wildman–Crippen MR) is 58.9 cm³/mol. The number of aryl methyl sites for hydroxylation is 2. The molecule has 1 saturated heterocycles. The molecule has 1 aromatic rings. The lowest BCUT2D eigenvalue weighted by Gasteiger charge is -2.29. The number of nitrogens with zero attached hydrogens (tertiary/aromatic N) is 1. The SMILES string of the molecule is Cc1cc(C)cc(N2CCOCC2)c1. The fraction of sp³-hybridized carbons (Fsp3) is 0.500. The van der Waals surface area contributed by atoms with Crippen LogP contribution < -0.4 is 4.90 Å². The highest BCUT2D eigenvalue weighted by atomic mass is 16.5. The second-order valence-electron chi connectivity index (χ2n) is 3.95. The third-order valence-corrected chi connectivity index (χ3v) is 2.58. The molecular weight excluding hydrogens is 174 g/mol.